The van der Waals surface area contributed by atoms with Crippen LogP contribution < -0.4 is 5.73 Å². The van der Waals surface area contributed by atoms with E-state index in [1.54, 1.807) is 31.2 Å². The predicted molar refractivity (Wildman–Crippen MR) is 120 cm³/mol. The van der Waals surface area contributed by atoms with E-state index >= 15 is 0 Å². The molecule has 31 heavy (non-hydrogen) atoms. The summed E-state index contributed by atoms with van der Waals surface area (Å²) in [5.74, 6) is -0.750. The summed E-state index contributed by atoms with van der Waals surface area (Å²) in [6.07, 6.45) is 3.22. The Labute approximate surface area is 183 Å². The molecule has 3 rings (SSSR count). The molecule has 1 fully saturated rings. The Hall–Kier alpha value is -2.28. The van der Waals surface area contributed by atoms with Gasteiger partial charge in [0.15, 0.2) is 14.6 Å². The molecule has 0 bridgehead atoms. The highest BCUT2D eigenvalue weighted by Crippen LogP contribution is 2.39. The minimum absolute atomic E-state index is 0.135. The van der Waals surface area contributed by atoms with Crippen molar-refractivity contribution in [1.29, 1.82) is 0 Å². The van der Waals surface area contributed by atoms with E-state index in [0.29, 0.717) is 32.9 Å². The second kappa shape index (κ2) is 10.8. The maximum Gasteiger partial charge on any atom is 0.239 e. The number of rotatable bonds is 7. The minimum Gasteiger partial charge on any atom is -0.368 e. The summed E-state index contributed by atoms with van der Waals surface area (Å²) < 4.78 is 47.5. The second-order valence-corrected chi connectivity index (χ2v) is 10.2. The topological polar surface area (TPSA) is 77.2 Å². The van der Waals surface area contributed by atoms with Crippen molar-refractivity contribution in [2.75, 3.05) is 7.18 Å². The van der Waals surface area contributed by atoms with Gasteiger partial charge >= 0.3 is 0 Å². The van der Waals surface area contributed by atoms with Gasteiger partial charge in [0.25, 0.3) is 0 Å². The number of benzene rings is 2. The van der Waals surface area contributed by atoms with Crippen molar-refractivity contribution in [3.63, 3.8) is 0 Å². The van der Waals surface area contributed by atoms with Crippen molar-refractivity contribution in [3.05, 3.63) is 54.1 Å². The molecule has 4 nitrogen and oxygen atoms in total. The average molecular weight is 452 g/mol. The van der Waals surface area contributed by atoms with Gasteiger partial charge in [-0.25, -0.2) is 12.8 Å². The summed E-state index contributed by atoms with van der Waals surface area (Å²) in [4.78, 5) is 12.3. The van der Waals surface area contributed by atoms with E-state index < -0.39 is 26.7 Å². The Morgan fingerprint density at radius 2 is 1.45 bits per heavy atom. The van der Waals surface area contributed by atoms with E-state index in [1.807, 2.05) is 24.3 Å². The molecule has 1 aliphatic carbocycles. The Bertz CT molecular complexity index is 949. The lowest BCUT2D eigenvalue weighted by atomic mass is 9.88. The second-order valence-electron chi connectivity index (χ2n) is 7.96. The van der Waals surface area contributed by atoms with Crippen LogP contribution >= 0.6 is 0 Å². The maximum atomic E-state index is 13.2. The molecule has 2 aromatic rings. The molecule has 7 heteroatoms. The maximum absolute atomic E-state index is 13.2. The van der Waals surface area contributed by atoms with Crippen LogP contribution in [0.4, 0.5) is 8.78 Å². The number of carbonyl (C=O) groups excluding carboxylic acids is 1. The van der Waals surface area contributed by atoms with Gasteiger partial charge < -0.3 is 5.73 Å². The van der Waals surface area contributed by atoms with E-state index in [2.05, 4.69) is 0 Å². The first-order valence-corrected chi connectivity index (χ1v) is 12.0. The van der Waals surface area contributed by atoms with Crippen LogP contribution in [0.2, 0.25) is 0 Å². The third-order valence-corrected chi connectivity index (χ3v) is 8.44. The molecule has 0 saturated heterocycles. The molecule has 1 unspecified atom stereocenters. The van der Waals surface area contributed by atoms with Gasteiger partial charge in [-0.2, -0.15) is 0 Å². The summed E-state index contributed by atoms with van der Waals surface area (Å²) in [5, 5.41) is 0. The average Bonchev–Trinajstić information content (AvgIpc) is 2.79. The van der Waals surface area contributed by atoms with Gasteiger partial charge in [0.1, 0.15) is 0 Å². The fraction of sp³-hybridized carbons (Fsp3) is 0.458. The quantitative estimate of drug-likeness (QED) is 0.629. The molecule has 1 aliphatic rings. The number of hydrogen-bond acceptors (Lipinski definition) is 3. The van der Waals surface area contributed by atoms with Crippen molar-refractivity contribution in [1.82, 2.24) is 0 Å². The zero-order valence-electron chi connectivity index (χ0n) is 18.1. The summed E-state index contributed by atoms with van der Waals surface area (Å²) in [6.45, 7) is 1.56. The highest BCUT2D eigenvalue weighted by atomic mass is 32.2. The fourth-order valence-electron chi connectivity index (χ4n) is 4.05. The number of sulfone groups is 1. The molecule has 1 atom stereocenters. The molecule has 0 aromatic heterocycles. The Morgan fingerprint density at radius 1 is 0.968 bits per heavy atom. The molecular weight excluding hydrogens is 420 g/mol. The number of nitrogens with two attached hydrogens (primary N) is 1. The van der Waals surface area contributed by atoms with Crippen LogP contribution in [0, 0.1) is 0 Å². The minimum atomic E-state index is -3.85. The predicted octanol–water partition coefficient (Wildman–Crippen LogP) is 5.19. The normalized spacial score (nSPS) is 16.6. The molecule has 0 aliphatic heterocycles. The molecular formula is C24H31F2NO3S. The van der Waals surface area contributed by atoms with E-state index in [-0.39, 0.29) is 17.7 Å². The van der Waals surface area contributed by atoms with E-state index in [1.165, 1.54) is 0 Å². The van der Waals surface area contributed by atoms with Gasteiger partial charge in [-0.3, -0.25) is 9.18 Å². The number of carbonyl (C=O) groups is 1. The summed E-state index contributed by atoms with van der Waals surface area (Å²) in [7, 11) is -3.35. The molecule has 170 valence electrons. The lowest BCUT2D eigenvalue weighted by molar-refractivity contribution is -0.121. The SMILES string of the molecule is CC(F)CCc1ccc(-c2ccc(S(=O)(=O)C3(C(N)=O)CCCCC3)cc2)cc1.CF. The third kappa shape index (κ3) is 5.50. The standard InChI is InChI=1S/C23H28FNO3S.CH3F/c1-17(24)5-6-18-7-9-19(10-8-18)20-11-13-21(14-12-20)29(27,28)23(22(25)26)15-3-2-4-16-23;1-2/h7-14,17H,2-6,15-16H2,1H3,(H2,25,26);1H3. The number of halogens is 2. The molecule has 1 amide bonds. The number of primary amides is 1. The van der Waals surface area contributed by atoms with E-state index in [4.69, 9.17) is 5.73 Å². The highest BCUT2D eigenvalue weighted by molar-refractivity contribution is 7.93. The van der Waals surface area contributed by atoms with Crippen LogP contribution in [0.3, 0.4) is 0 Å². The Balaban J connectivity index is 0.00000166. The zero-order chi connectivity index (χ0) is 23.1. The number of amides is 1. The van der Waals surface area contributed by atoms with E-state index in [0.717, 1.165) is 23.1 Å². The first-order chi connectivity index (χ1) is 14.8. The summed E-state index contributed by atoms with van der Waals surface area (Å²) in [5.41, 5.74) is 8.46. The molecule has 2 N–H and O–H groups in total. The Kier molecular flexibility index (Phi) is 8.74. The van der Waals surface area contributed by atoms with Crippen molar-refractivity contribution < 1.29 is 22.0 Å². The Morgan fingerprint density at radius 3 is 1.90 bits per heavy atom. The molecule has 2 aromatic carbocycles. The third-order valence-electron chi connectivity index (χ3n) is 5.91. The summed E-state index contributed by atoms with van der Waals surface area (Å²) in [6, 6.07) is 14.5. The fourth-order valence-corrected chi connectivity index (χ4v) is 6.09. The first kappa shape index (κ1) is 25.0. The van der Waals surface area contributed by atoms with E-state index in [9.17, 15) is 22.0 Å². The van der Waals surface area contributed by atoms with Gasteiger partial charge in [-0.1, -0.05) is 55.7 Å². The van der Waals surface area contributed by atoms with Crippen LogP contribution in [0.1, 0.15) is 51.0 Å². The van der Waals surface area contributed by atoms with Gasteiger partial charge in [-0.05, 0) is 61.4 Å². The molecule has 1 saturated carbocycles. The smallest absolute Gasteiger partial charge is 0.239 e. The molecule has 0 spiro atoms. The van der Waals surface area contributed by atoms with Crippen LogP contribution in [0.15, 0.2) is 53.4 Å². The van der Waals surface area contributed by atoms with Crippen LogP contribution in [-0.2, 0) is 21.1 Å². The lowest BCUT2D eigenvalue weighted by Crippen LogP contribution is -2.51. The highest BCUT2D eigenvalue weighted by Gasteiger charge is 2.50. The summed E-state index contributed by atoms with van der Waals surface area (Å²) >= 11 is 0. The van der Waals surface area contributed by atoms with Gasteiger partial charge in [0, 0.05) is 0 Å². The number of alkyl halides is 2. The van der Waals surface area contributed by atoms with Gasteiger partial charge in [0.05, 0.1) is 18.2 Å². The molecule has 0 radical (unpaired) electrons. The van der Waals surface area contributed by atoms with Gasteiger partial charge in [-0.15, -0.1) is 0 Å². The van der Waals surface area contributed by atoms with Crippen LogP contribution in [0.25, 0.3) is 11.1 Å². The molecule has 0 heterocycles. The van der Waals surface area contributed by atoms with Crippen LogP contribution in [0.5, 0.6) is 0 Å². The van der Waals surface area contributed by atoms with Crippen molar-refractivity contribution >= 4 is 15.7 Å². The number of aryl methyl sites for hydroxylation is 1. The van der Waals surface area contributed by atoms with Crippen molar-refractivity contribution in [3.8, 4) is 11.1 Å². The van der Waals surface area contributed by atoms with Gasteiger partial charge in [0.2, 0.25) is 5.91 Å². The lowest BCUT2D eigenvalue weighted by Gasteiger charge is -2.33. The van der Waals surface area contributed by atoms with Crippen molar-refractivity contribution in [2.24, 2.45) is 5.73 Å². The van der Waals surface area contributed by atoms with Crippen molar-refractivity contribution in [2.45, 2.75) is 67.7 Å². The van der Waals surface area contributed by atoms with Crippen LogP contribution in [-0.4, -0.2) is 32.4 Å². The monoisotopic (exact) mass is 451 g/mol. The zero-order valence-corrected chi connectivity index (χ0v) is 18.9. The number of hydrogen-bond donors (Lipinski definition) is 1. The first-order valence-electron chi connectivity index (χ1n) is 10.5. The largest absolute Gasteiger partial charge is 0.368 e.